The van der Waals surface area contributed by atoms with E-state index >= 15 is 0 Å². The topological polar surface area (TPSA) is 112 Å². The second kappa shape index (κ2) is 6.48. The highest BCUT2D eigenvalue weighted by atomic mass is 16.5. The number of carbonyl (C=O) groups excluding carboxylic acids is 1. The Hall–Kier alpha value is -3.40. The van der Waals surface area contributed by atoms with Gasteiger partial charge >= 0.3 is 5.97 Å². The Bertz CT molecular complexity index is 935. The average molecular weight is 351 g/mol. The second-order valence-electron chi connectivity index (χ2n) is 5.98. The molecule has 132 valence electrons. The van der Waals surface area contributed by atoms with Crippen molar-refractivity contribution in [2.24, 2.45) is 5.92 Å². The van der Waals surface area contributed by atoms with E-state index in [-0.39, 0.29) is 5.88 Å². The number of aromatic nitrogens is 1. The van der Waals surface area contributed by atoms with Gasteiger partial charge in [-0.3, -0.25) is 9.59 Å². The summed E-state index contributed by atoms with van der Waals surface area (Å²) in [5.41, 5.74) is 0.0678. The van der Waals surface area contributed by atoms with Crippen molar-refractivity contribution in [1.29, 1.82) is 5.26 Å². The third-order valence-corrected chi connectivity index (χ3v) is 4.68. The van der Waals surface area contributed by atoms with Crippen molar-refractivity contribution in [2.75, 3.05) is 11.9 Å². The van der Waals surface area contributed by atoms with Gasteiger partial charge in [-0.25, -0.2) is 4.98 Å². The van der Waals surface area contributed by atoms with Crippen LogP contribution in [0, 0.1) is 17.2 Å². The van der Waals surface area contributed by atoms with E-state index in [4.69, 9.17) is 4.74 Å². The van der Waals surface area contributed by atoms with Crippen LogP contribution in [0.25, 0.3) is 0 Å². The first-order valence-electron chi connectivity index (χ1n) is 8.14. The SMILES string of the molecule is CCOc1ncccc1C1(C(C)C(=O)O)C(=O)Nc2ccc(C#N)cc21. The van der Waals surface area contributed by atoms with Gasteiger partial charge in [-0.1, -0.05) is 13.0 Å². The number of nitriles is 1. The lowest BCUT2D eigenvalue weighted by Crippen LogP contribution is -2.45. The fourth-order valence-electron chi connectivity index (χ4n) is 3.45. The average Bonchev–Trinajstić information content (AvgIpc) is 2.93. The van der Waals surface area contributed by atoms with Gasteiger partial charge in [-0.2, -0.15) is 5.26 Å². The number of carbonyl (C=O) groups is 2. The van der Waals surface area contributed by atoms with Crippen molar-refractivity contribution in [3.8, 4) is 11.9 Å². The molecule has 2 heterocycles. The molecule has 7 heteroatoms. The van der Waals surface area contributed by atoms with Gasteiger partial charge in [0.25, 0.3) is 0 Å². The number of nitrogens with one attached hydrogen (secondary N) is 1. The number of carboxylic acids is 1. The summed E-state index contributed by atoms with van der Waals surface area (Å²) in [4.78, 5) is 29.2. The molecule has 26 heavy (non-hydrogen) atoms. The number of fused-ring (bicyclic) bond motifs is 1. The maximum atomic E-state index is 13.1. The number of hydrogen-bond donors (Lipinski definition) is 2. The minimum absolute atomic E-state index is 0.202. The molecule has 0 radical (unpaired) electrons. The molecule has 1 aromatic heterocycles. The molecule has 2 atom stereocenters. The normalized spacial score (nSPS) is 19.2. The fraction of sp³-hybridized carbons (Fsp3) is 0.263. The van der Waals surface area contributed by atoms with Crippen molar-refractivity contribution >= 4 is 17.6 Å². The fourth-order valence-corrected chi connectivity index (χ4v) is 3.45. The van der Waals surface area contributed by atoms with Crippen LogP contribution in [0.15, 0.2) is 36.5 Å². The Morgan fingerprint density at radius 2 is 2.19 bits per heavy atom. The molecular weight excluding hydrogens is 334 g/mol. The van der Waals surface area contributed by atoms with Gasteiger partial charge in [0.15, 0.2) is 0 Å². The van der Waals surface area contributed by atoms with Crippen molar-refractivity contribution in [2.45, 2.75) is 19.3 Å². The van der Waals surface area contributed by atoms with Crippen LogP contribution in [0.4, 0.5) is 5.69 Å². The van der Waals surface area contributed by atoms with E-state index in [0.717, 1.165) is 0 Å². The highest BCUT2D eigenvalue weighted by Crippen LogP contribution is 2.50. The van der Waals surface area contributed by atoms with Gasteiger partial charge in [-0.15, -0.1) is 0 Å². The molecule has 1 aliphatic heterocycles. The van der Waals surface area contributed by atoms with E-state index in [9.17, 15) is 20.0 Å². The van der Waals surface area contributed by atoms with E-state index in [2.05, 4.69) is 10.3 Å². The Balaban J connectivity index is 2.39. The third-order valence-electron chi connectivity index (χ3n) is 4.68. The number of anilines is 1. The van der Waals surface area contributed by atoms with Crippen LogP contribution in [0.2, 0.25) is 0 Å². The summed E-state index contributed by atoms with van der Waals surface area (Å²) in [6.07, 6.45) is 1.52. The van der Waals surface area contributed by atoms with Crippen LogP contribution in [0.1, 0.15) is 30.5 Å². The molecule has 0 bridgehead atoms. The first-order chi connectivity index (χ1) is 12.5. The molecule has 1 aliphatic rings. The van der Waals surface area contributed by atoms with E-state index in [1.54, 1.807) is 37.3 Å². The molecule has 1 aromatic carbocycles. The summed E-state index contributed by atoms with van der Waals surface area (Å²) >= 11 is 0. The van der Waals surface area contributed by atoms with Crippen molar-refractivity contribution < 1.29 is 19.4 Å². The zero-order chi connectivity index (χ0) is 18.9. The van der Waals surface area contributed by atoms with E-state index in [1.807, 2.05) is 6.07 Å². The minimum Gasteiger partial charge on any atom is -0.481 e. The van der Waals surface area contributed by atoms with E-state index < -0.39 is 23.2 Å². The Kier molecular flexibility index (Phi) is 4.34. The first kappa shape index (κ1) is 17.4. The number of hydrogen-bond acceptors (Lipinski definition) is 5. The number of rotatable bonds is 5. The van der Waals surface area contributed by atoms with Gasteiger partial charge in [-0.05, 0) is 36.8 Å². The standard InChI is InChI=1S/C19H17N3O4/c1-3-26-16-13(5-4-8-21-16)19(11(2)17(23)24)14-9-12(10-20)6-7-15(14)22-18(19)25/h4-9,11H,3H2,1-2H3,(H,22,25)(H,23,24). The molecule has 0 spiro atoms. The molecule has 2 aromatic rings. The van der Waals surface area contributed by atoms with Gasteiger partial charge in [0, 0.05) is 17.4 Å². The summed E-state index contributed by atoms with van der Waals surface area (Å²) in [7, 11) is 0. The molecule has 1 amide bonds. The molecule has 0 aliphatic carbocycles. The van der Waals surface area contributed by atoms with Crippen molar-refractivity contribution in [3.63, 3.8) is 0 Å². The van der Waals surface area contributed by atoms with Crippen molar-refractivity contribution in [3.05, 3.63) is 53.2 Å². The monoisotopic (exact) mass is 351 g/mol. The van der Waals surface area contributed by atoms with Crippen LogP contribution >= 0.6 is 0 Å². The minimum atomic E-state index is -1.55. The quantitative estimate of drug-likeness (QED) is 0.855. The lowest BCUT2D eigenvalue weighted by molar-refractivity contribution is -0.145. The first-order valence-corrected chi connectivity index (χ1v) is 8.14. The zero-order valence-electron chi connectivity index (χ0n) is 14.3. The number of aliphatic carboxylic acids is 1. The summed E-state index contributed by atoms with van der Waals surface area (Å²) in [6.45, 7) is 3.56. The summed E-state index contributed by atoms with van der Waals surface area (Å²) in [5.74, 6) is -2.53. The second-order valence-corrected chi connectivity index (χ2v) is 5.98. The maximum absolute atomic E-state index is 13.1. The summed E-state index contributed by atoms with van der Waals surface area (Å²) < 4.78 is 5.58. The van der Waals surface area contributed by atoms with E-state index in [0.29, 0.717) is 29.0 Å². The molecule has 0 saturated carbocycles. The third kappa shape index (κ3) is 2.39. The predicted octanol–water partition coefficient (Wildman–Crippen LogP) is 2.31. The number of ether oxygens (including phenoxy) is 1. The molecule has 3 rings (SSSR count). The summed E-state index contributed by atoms with van der Waals surface area (Å²) in [6, 6.07) is 10.0. The number of nitrogens with zero attached hydrogens (tertiary/aromatic N) is 2. The number of benzene rings is 1. The Morgan fingerprint density at radius 1 is 1.42 bits per heavy atom. The largest absolute Gasteiger partial charge is 0.481 e. The smallest absolute Gasteiger partial charge is 0.308 e. The number of pyridine rings is 1. The molecule has 0 saturated heterocycles. The molecule has 2 N–H and O–H groups in total. The number of carboxylic acid groups (broad SMARTS) is 1. The molecular formula is C19H17N3O4. The number of amides is 1. The van der Waals surface area contributed by atoms with Crippen LogP contribution in [0.5, 0.6) is 5.88 Å². The van der Waals surface area contributed by atoms with Gasteiger partial charge in [0.2, 0.25) is 11.8 Å². The lowest BCUT2D eigenvalue weighted by atomic mass is 9.67. The highest BCUT2D eigenvalue weighted by Gasteiger charge is 2.56. The van der Waals surface area contributed by atoms with Crippen LogP contribution in [-0.2, 0) is 15.0 Å². The van der Waals surface area contributed by atoms with Crippen LogP contribution < -0.4 is 10.1 Å². The Morgan fingerprint density at radius 3 is 2.85 bits per heavy atom. The van der Waals surface area contributed by atoms with Crippen LogP contribution in [0.3, 0.4) is 0 Å². The van der Waals surface area contributed by atoms with Crippen molar-refractivity contribution in [1.82, 2.24) is 4.98 Å². The summed E-state index contributed by atoms with van der Waals surface area (Å²) in [5, 5.41) is 21.8. The molecule has 2 unspecified atom stereocenters. The lowest BCUT2D eigenvalue weighted by Gasteiger charge is -2.32. The molecule has 0 fully saturated rings. The zero-order valence-corrected chi connectivity index (χ0v) is 14.3. The van der Waals surface area contributed by atoms with Crippen LogP contribution in [-0.4, -0.2) is 28.6 Å². The maximum Gasteiger partial charge on any atom is 0.308 e. The molecule has 7 nitrogen and oxygen atoms in total. The van der Waals surface area contributed by atoms with Gasteiger partial charge in [0.1, 0.15) is 5.41 Å². The predicted molar refractivity (Wildman–Crippen MR) is 92.8 cm³/mol. The Labute approximate surface area is 150 Å². The highest BCUT2D eigenvalue weighted by molar-refractivity contribution is 6.11. The van der Waals surface area contributed by atoms with Gasteiger partial charge in [0.05, 0.1) is 24.2 Å². The van der Waals surface area contributed by atoms with E-state index in [1.165, 1.54) is 13.1 Å². The van der Waals surface area contributed by atoms with Gasteiger partial charge < -0.3 is 15.2 Å².